The van der Waals surface area contributed by atoms with Crippen molar-refractivity contribution < 1.29 is 18.8 Å². The molecule has 10 nitrogen and oxygen atoms in total. The molecule has 0 fully saturated rings. The summed E-state index contributed by atoms with van der Waals surface area (Å²) < 4.78 is 21.6. The largest absolute Gasteiger partial charge is 0.501 e. The molecule has 0 spiro atoms. The van der Waals surface area contributed by atoms with Gasteiger partial charge in [0, 0.05) is 24.2 Å². The van der Waals surface area contributed by atoms with Gasteiger partial charge in [-0.3, -0.25) is 18.8 Å². The van der Waals surface area contributed by atoms with Crippen molar-refractivity contribution in [2.24, 2.45) is 7.05 Å². The summed E-state index contributed by atoms with van der Waals surface area (Å²) in [7, 11) is 1.42. The van der Waals surface area contributed by atoms with Gasteiger partial charge in [-0.15, -0.1) is 0 Å². The number of aromatic hydroxyl groups is 1. The molecular formula is C22H20ClFN6O4. The molecule has 0 radical (unpaired) electrons. The monoisotopic (exact) mass is 486 g/mol. The summed E-state index contributed by atoms with van der Waals surface area (Å²) >= 11 is 6.42. The first-order valence-electron chi connectivity index (χ1n) is 10.1. The lowest BCUT2D eigenvalue weighted by Crippen LogP contribution is -2.30. The summed E-state index contributed by atoms with van der Waals surface area (Å²) in [5, 5.41) is 21.0. The van der Waals surface area contributed by atoms with Crippen molar-refractivity contribution in [2.75, 3.05) is 5.32 Å². The third kappa shape index (κ3) is 4.29. The molecule has 12 heteroatoms. The minimum atomic E-state index is -0.831. The number of aryl methyl sites for hydroxylation is 1. The minimum absolute atomic E-state index is 0.150. The quantitative estimate of drug-likeness (QED) is 0.427. The Bertz CT molecular complexity index is 1420. The number of carbonyl (C=O) groups is 1. The van der Waals surface area contributed by atoms with Crippen LogP contribution < -0.4 is 10.9 Å². The van der Waals surface area contributed by atoms with E-state index in [-0.39, 0.29) is 11.5 Å². The lowest BCUT2D eigenvalue weighted by molar-refractivity contribution is 0.101. The van der Waals surface area contributed by atoms with E-state index >= 15 is 0 Å². The van der Waals surface area contributed by atoms with E-state index in [0.717, 1.165) is 4.57 Å². The Morgan fingerprint density at radius 3 is 2.74 bits per heavy atom. The molecule has 34 heavy (non-hydrogen) atoms. The summed E-state index contributed by atoms with van der Waals surface area (Å²) in [5.74, 6) is -2.64. The van der Waals surface area contributed by atoms with E-state index in [1.165, 1.54) is 37.7 Å². The number of halogens is 2. The average Bonchev–Trinajstić information content (AvgIpc) is 3.46. The van der Waals surface area contributed by atoms with Crippen LogP contribution in [-0.4, -0.2) is 35.5 Å². The number of nitrogens with one attached hydrogen (secondary N) is 1. The summed E-state index contributed by atoms with van der Waals surface area (Å²) in [4.78, 5) is 29.9. The van der Waals surface area contributed by atoms with Crippen LogP contribution >= 0.6 is 11.6 Å². The SMILES string of the molecule is Cc1ccn([C@H](c2cc(F)ccc2Cl)[C@H](C)c2nc(C(=O)Nc3cnoc3)c(O)c(=O)n2C)n1. The number of hydrogen-bond acceptors (Lipinski definition) is 7. The Hall–Kier alpha value is -3.99. The zero-order valence-electron chi connectivity index (χ0n) is 18.4. The van der Waals surface area contributed by atoms with Crippen LogP contribution in [0.25, 0.3) is 0 Å². The molecule has 0 bridgehead atoms. The molecule has 3 aromatic heterocycles. The van der Waals surface area contributed by atoms with Crippen LogP contribution in [0.5, 0.6) is 5.75 Å². The fourth-order valence-corrected chi connectivity index (χ4v) is 3.97. The first-order valence-corrected chi connectivity index (χ1v) is 10.5. The molecule has 2 atom stereocenters. The third-order valence-electron chi connectivity index (χ3n) is 5.39. The highest BCUT2D eigenvalue weighted by molar-refractivity contribution is 6.31. The number of amides is 1. The second kappa shape index (κ2) is 9.10. The number of nitrogens with zero attached hydrogens (tertiary/aromatic N) is 5. The molecule has 4 rings (SSSR count). The predicted octanol–water partition coefficient (Wildman–Crippen LogP) is 3.42. The van der Waals surface area contributed by atoms with Crippen molar-refractivity contribution in [3.05, 3.63) is 86.9 Å². The lowest BCUT2D eigenvalue weighted by atomic mass is 9.93. The third-order valence-corrected chi connectivity index (χ3v) is 5.74. The van der Waals surface area contributed by atoms with E-state index in [1.54, 1.807) is 30.8 Å². The maximum atomic E-state index is 14.2. The maximum Gasteiger partial charge on any atom is 0.296 e. The predicted molar refractivity (Wildman–Crippen MR) is 121 cm³/mol. The van der Waals surface area contributed by atoms with Crippen LogP contribution in [0.4, 0.5) is 10.1 Å². The van der Waals surface area contributed by atoms with Gasteiger partial charge in [0.15, 0.2) is 5.69 Å². The van der Waals surface area contributed by atoms with Gasteiger partial charge in [0.1, 0.15) is 23.6 Å². The van der Waals surface area contributed by atoms with Gasteiger partial charge in [-0.1, -0.05) is 23.7 Å². The van der Waals surface area contributed by atoms with Crippen LogP contribution in [0.1, 0.15) is 46.5 Å². The van der Waals surface area contributed by atoms with E-state index in [1.807, 2.05) is 0 Å². The number of carbonyl (C=O) groups excluding carboxylic acids is 1. The van der Waals surface area contributed by atoms with Crippen molar-refractivity contribution in [3.63, 3.8) is 0 Å². The Morgan fingerprint density at radius 1 is 1.32 bits per heavy atom. The van der Waals surface area contributed by atoms with Gasteiger partial charge in [0.2, 0.25) is 5.75 Å². The first kappa shape index (κ1) is 23.2. The number of aromatic nitrogens is 5. The van der Waals surface area contributed by atoms with Gasteiger partial charge < -0.3 is 14.9 Å². The molecule has 0 aliphatic rings. The molecule has 3 heterocycles. The number of hydrogen-bond donors (Lipinski definition) is 2. The zero-order chi connectivity index (χ0) is 24.6. The van der Waals surface area contributed by atoms with Crippen LogP contribution in [-0.2, 0) is 7.05 Å². The molecule has 0 saturated heterocycles. The molecule has 0 saturated carbocycles. The molecule has 0 unspecified atom stereocenters. The van der Waals surface area contributed by atoms with E-state index < -0.39 is 40.7 Å². The van der Waals surface area contributed by atoms with Gasteiger partial charge in [-0.25, -0.2) is 9.37 Å². The van der Waals surface area contributed by atoms with Crippen molar-refractivity contribution in [1.29, 1.82) is 0 Å². The summed E-state index contributed by atoms with van der Waals surface area (Å²) in [5.41, 5.74) is 0.0407. The molecule has 0 aliphatic carbocycles. The maximum absolute atomic E-state index is 14.2. The standard InChI is InChI=1S/C22H20ClFN6O4/c1-11-6-7-30(28-11)18(15-8-13(24)4-5-16(15)23)12(2)20-27-17(19(31)22(33)29(20)3)21(32)26-14-9-25-34-10-14/h4-10,12,18,31H,1-3H3,(H,26,32)/t12-,18-/m0/s1. The summed E-state index contributed by atoms with van der Waals surface area (Å²) in [6.45, 7) is 3.54. The second-order valence-corrected chi connectivity index (χ2v) is 8.14. The van der Waals surface area contributed by atoms with Crippen molar-refractivity contribution >= 4 is 23.2 Å². The van der Waals surface area contributed by atoms with Gasteiger partial charge in [0.25, 0.3) is 11.5 Å². The summed E-state index contributed by atoms with van der Waals surface area (Å²) in [6.07, 6.45) is 4.14. The van der Waals surface area contributed by atoms with Crippen molar-refractivity contribution in [2.45, 2.75) is 25.8 Å². The van der Waals surface area contributed by atoms with E-state index in [9.17, 15) is 19.1 Å². The molecule has 1 amide bonds. The van der Waals surface area contributed by atoms with Gasteiger partial charge in [0.05, 0.1) is 17.9 Å². The number of benzene rings is 1. The Kier molecular flexibility index (Phi) is 6.20. The highest BCUT2D eigenvalue weighted by Crippen LogP contribution is 2.37. The van der Waals surface area contributed by atoms with Crippen molar-refractivity contribution in [3.8, 4) is 5.75 Å². The first-order chi connectivity index (χ1) is 16.2. The molecule has 176 valence electrons. The van der Waals surface area contributed by atoms with E-state index in [2.05, 4.69) is 25.1 Å². The van der Waals surface area contributed by atoms with Gasteiger partial charge >= 0.3 is 0 Å². The Balaban J connectivity index is 1.85. The molecular weight excluding hydrogens is 467 g/mol. The fraction of sp³-hybridized carbons (Fsp3) is 0.227. The highest BCUT2D eigenvalue weighted by Gasteiger charge is 2.31. The zero-order valence-corrected chi connectivity index (χ0v) is 19.1. The molecule has 4 aromatic rings. The van der Waals surface area contributed by atoms with Crippen LogP contribution in [0, 0.1) is 12.7 Å². The van der Waals surface area contributed by atoms with Crippen LogP contribution in [0.2, 0.25) is 5.02 Å². The number of anilines is 1. The van der Waals surface area contributed by atoms with Gasteiger partial charge in [-0.2, -0.15) is 5.10 Å². The normalized spacial score (nSPS) is 13.0. The molecule has 2 N–H and O–H groups in total. The molecule has 1 aromatic carbocycles. The second-order valence-electron chi connectivity index (χ2n) is 7.74. The molecule has 0 aliphatic heterocycles. The Labute approximate surface area is 197 Å². The van der Waals surface area contributed by atoms with E-state index in [0.29, 0.717) is 16.3 Å². The smallest absolute Gasteiger partial charge is 0.296 e. The minimum Gasteiger partial charge on any atom is -0.501 e. The average molecular weight is 487 g/mol. The Morgan fingerprint density at radius 2 is 2.09 bits per heavy atom. The lowest BCUT2D eigenvalue weighted by Gasteiger charge is -2.27. The topological polar surface area (TPSA) is 128 Å². The highest BCUT2D eigenvalue weighted by atomic mass is 35.5. The fourth-order valence-electron chi connectivity index (χ4n) is 3.74. The van der Waals surface area contributed by atoms with E-state index in [4.69, 9.17) is 11.6 Å². The van der Waals surface area contributed by atoms with Crippen molar-refractivity contribution in [1.82, 2.24) is 24.5 Å². The van der Waals surface area contributed by atoms with Crippen LogP contribution in [0.15, 0.2) is 52.2 Å². The van der Waals surface area contributed by atoms with Crippen LogP contribution in [0.3, 0.4) is 0 Å². The number of rotatable bonds is 6. The summed E-state index contributed by atoms with van der Waals surface area (Å²) in [6, 6.07) is 5.05. The van der Waals surface area contributed by atoms with Gasteiger partial charge in [-0.05, 0) is 36.8 Å².